The van der Waals surface area contributed by atoms with Gasteiger partial charge in [-0.25, -0.2) is 9.97 Å². The number of halogens is 2. The van der Waals surface area contributed by atoms with Crippen LogP contribution in [0.1, 0.15) is 51.6 Å². The fourth-order valence-electron chi connectivity index (χ4n) is 1.39. The van der Waals surface area contributed by atoms with Gasteiger partial charge in [-0.2, -0.15) is 0 Å². The third kappa shape index (κ3) is 3.84. The first kappa shape index (κ1) is 14.2. The monoisotopic (exact) mass is 352 g/mol. The number of nitrogens with zero attached hydrogens (tertiary/aromatic N) is 2. The van der Waals surface area contributed by atoms with Gasteiger partial charge in [-0.3, -0.25) is 0 Å². The zero-order valence-electron chi connectivity index (χ0n) is 10.2. The predicted octanol–water partition coefficient (Wildman–Crippen LogP) is 4.45. The largest absolute Gasteiger partial charge is 0.236 e. The lowest BCUT2D eigenvalue weighted by atomic mass is 10.1. The van der Waals surface area contributed by atoms with Crippen molar-refractivity contribution in [2.45, 2.75) is 46.5 Å². The van der Waals surface area contributed by atoms with E-state index in [2.05, 4.69) is 60.3 Å². The van der Waals surface area contributed by atoms with Crippen molar-refractivity contribution in [3.05, 3.63) is 20.2 Å². The Labute approximate surface area is 116 Å². The van der Waals surface area contributed by atoms with Crippen LogP contribution in [-0.2, 0) is 6.42 Å². The van der Waals surface area contributed by atoms with E-state index in [0.29, 0.717) is 17.0 Å². The number of rotatable bonds is 4. The van der Waals surface area contributed by atoms with Crippen LogP contribution in [0.3, 0.4) is 0 Å². The summed E-state index contributed by atoms with van der Waals surface area (Å²) in [6.07, 6.45) is 2.02. The molecule has 0 aliphatic heterocycles. The molecule has 1 aromatic heterocycles. The van der Waals surface area contributed by atoms with Crippen LogP contribution in [0.15, 0.2) is 0 Å². The van der Waals surface area contributed by atoms with E-state index in [9.17, 15) is 0 Å². The van der Waals surface area contributed by atoms with Gasteiger partial charge >= 0.3 is 0 Å². The summed E-state index contributed by atoms with van der Waals surface area (Å²) in [6, 6.07) is 0. The predicted molar refractivity (Wildman–Crippen MR) is 77.0 cm³/mol. The van der Waals surface area contributed by atoms with E-state index in [1.165, 1.54) is 0 Å². The molecule has 90 valence electrons. The Bertz CT molecular complexity index is 364. The van der Waals surface area contributed by atoms with E-state index in [1.54, 1.807) is 0 Å². The highest BCUT2D eigenvalue weighted by molar-refractivity contribution is 14.1. The Morgan fingerprint density at radius 2 is 1.81 bits per heavy atom. The Hall–Kier alpha value is 0.1000. The summed E-state index contributed by atoms with van der Waals surface area (Å²) in [4.78, 5) is 8.94. The molecule has 0 fully saturated rings. The van der Waals surface area contributed by atoms with Crippen LogP contribution in [0, 0.1) is 9.49 Å². The fraction of sp³-hybridized carbons (Fsp3) is 0.667. The van der Waals surface area contributed by atoms with Crippen molar-refractivity contribution in [2.75, 3.05) is 0 Å². The molecule has 0 atom stereocenters. The second kappa shape index (κ2) is 6.15. The fourth-order valence-corrected chi connectivity index (χ4v) is 2.45. The molecule has 0 aliphatic carbocycles. The van der Waals surface area contributed by atoms with Crippen molar-refractivity contribution < 1.29 is 0 Å². The summed E-state index contributed by atoms with van der Waals surface area (Å²) in [6.45, 7) is 8.68. The minimum absolute atomic E-state index is 0.394. The molecule has 1 rings (SSSR count). The highest BCUT2D eigenvalue weighted by Crippen LogP contribution is 2.25. The molecule has 1 heterocycles. The van der Waals surface area contributed by atoms with Crippen LogP contribution >= 0.6 is 34.2 Å². The highest BCUT2D eigenvalue weighted by atomic mass is 127. The van der Waals surface area contributed by atoms with Crippen LogP contribution in [0.25, 0.3) is 0 Å². The van der Waals surface area contributed by atoms with Crippen LogP contribution in [0.5, 0.6) is 0 Å². The molecule has 1 aromatic rings. The minimum atomic E-state index is 0.394. The van der Waals surface area contributed by atoms with Gasteiger partial charge in [0.15, 0.2) is 0 Å². The molecule has 4 heteroatoms. The Kier molecular flexibility index (Phi) is 5.44. The lowest BCUT2D eigenvalue weighted by Crippen LogP contribution is -2.06. The molecule has 0 radical (unpaired) electrons. The summed E-state index contributed by atoms with van der Waals surface area (Å²) >= 11 is 8.34. The maximum absolute atomic E-state index is 6.12. The Morgan fingerprint density at radius 3 is 2.31 bits per heavy atom. The second-order valence-corrected chi connectivity index (χ2v) is 6.15. The maximum atomic E-state index is 6.12. The number of aryl methyl sites for hydroxylation is 1. The second-order valence-electron chi connectivity index (χ2n) is 4.72. The van der Waals surface area contributed by atoms with Crippen LogP contribution in [0.2, 0.25) is 5.15 Å². The average Bonchev–Trinajstić information content (AvgIpc) is 2.19. The van der Waals surface area contributed by atoms with Crippen molar-refractivity contribution in [1.29, 1.82) is 0 Å². The van der Waals surface area contributed by atoms with Gasteiger partial charge in [-0.15, -0.1) is 0 Å². The summed E-state index contributed by atoms with van der Waals surface area (Å²) in [7, 11) is 0. The molecule has 0 bridgehead atoms. The Balaban J connectivity index is 2.95. The van der Waals surface area contributed by atoms with Gasteiger partial charge in [0, 0.05) is 6.42 Å². The topological polar surface area (TPSA) is 25.8 Å². The maximum Gasteiger partial charge on any atom is 0.146 e. The zero-order valence-corrected chi connectivity index (χ0v) is 13.1. The number of hydrogen-bond acceptors (Lipinski definition) is 2. The molecule has 0 amide bonds. The molecule has 0 saturated heterocycles. The molecular weight excluding hydrogens is 335 g/mol. The molecule has 0 aliphatic rings. The lowest BCUT2D eigenvalue weighted by molar-refractivity contribution is 0.572. The summed E-state index contributed by atoms with van der Waals surface area (Å²) < 4.78 is 0.988. The van der Waals surface area contributed by atoms with Crippen LogP contribution in [0.4, 0.5) is 0 Å². The SMILES string of the molecule is CC(C)CCc1nc(Cl)c(I)c(C(C)C)n1. The van der Waals surface area contributed by atoms with E-state index in [-0.39, 0.29) is 0 Å². The quantitative estimate of drug-likeness (QED) is 0.591. The van der Waals surface area contributed by atoms with Crippen molar-refractivity contribution in [3.8, 4) is 0 Å². The van der Waals surface area contributed by atoms with Gasteiger partial charge < -0.3 is 0 Å². The summed E-state index contributed by atoms with van der Waals surface area (Å²) in [5, 5.41) is 0.595. The van der Waals surface area contributed by atoms with Gasteiger partial charge in [0.1, 0.15) is 11.0 Å². The summed E-state index contributed by atoms with van der Waals surface area (Å²) in [5.74, 6) is 1.94. The molecule has 2 nitrogen and oxygen atoms in total. The zero-order chi connectivity index (χ0) is 12.3. The van der Waals surface area contributed by atoms with E-state index in [0.717, 1.165) is 27.9 Å². The molecular formula is C12H18ClIN2. The van der Waals surface area contributed by atoms with Crippen LogP contribution < -0.4 is 0 Å². The molecule has 0 spiro atoms. The van der Waals surface area contributed by atoms with E-state index < -0.39 is 0 Å². The third-order valence-electron chi connectivity index (χ3n) is 2.37. The van der Waals surface area contributed by atoms with Crippen molar-refractivity contribution >= 4 is 34.2 Å². The van der Waals surface area contributed by atoms with Gasteiger partial charge in [-0.05, 0) is 40.8 Å². The molecule has 0 N–H and O–H groups in total. The smallest absolute Gasteiger partial charge is 0.146 e. The van der Waals surface area contributed by atoms with Gasteiger partial charge in [0.2, 0.25) is 0 Å². The highest BCUT2D eigenvalue weighted by Gasteiger charge is 2.13. The lowest BCUT2D eigenvalue weighted by Gasteiger charge is -2.11. The van der Waals surface area contributed by atoms with Crippen molar-refractivity contribution in [3.63, 3.8) is 0 Å². The third-order valence-corrected chi connectivity index (χ3v) is 4.03. The normalized spacial score (nSPS) is 11.5. The van der Waals surface area contributed by atoms with Crippen LogP contribution in [-0.4, -0.2) is 9.97 Å². The number of aromatic nitrogens is 2. The first-order valence-electron chi connectivity index (χ1n) is 5.63. The molecule has 0 unspecified atom stereocenters. The van der Waals surface area contributed by atoms with E-state index in [4.69, 9.17) is 11.6 Å². The summed E-state index contributed by atoms with van der Waals surface area (Å²) in [5.41, 5.74) is 1.07. The van der Waals surface area contributed by atoms with Crippen molar-refractivity contribution in [2.24, 2.45) is 5.92 Å². The first-order valence-corrected chi connectivity index (χ1v) is 7.09. The van der Waals surface area contributed by atoms with Gasteiger partial charge in [-0.1, -0.05) is 39.3 Å². The average molecular weight is 353 g/mol. The van der Waals surface area contributed by atoms with Crippen molar-refractivity contribution in [1.82, 2.24) is 9.97 Å². The standard InChI is InChI=1S/C12H18ClIN2/c1-7(2)5-6-9-15-11(8(3)4)10(14)12(13)16-9/h7-8H,5-6H2,1-4H3. The van der Waals surface area contributed by atoms with E-state index >= 15 is 0 Å². The molecule has 0 aromatic carbocycles. The molecule has 0 saturated carbocycles. The number of hydrogen-bond donors (Lipinski definition) is 0. The van der Waals surface area contributed by atoms with Gasteiger partial charge in [0.05, 0.1) is 9.26 Å². The first-order chi connectivity index (χ1) is 7.41. The van der Waals surface area contributed by atoms with E-state index in [1.807, 2.05) is 0 Å². The van der Waals surface area contributed by atoms with Gasteiger partial charge in [0.25, 0.3) is 0 Å². The molecule has 16 heavy (non-hydrogen) atoms. The minimum Gasteiger partial charge on any atom is -0.236 e. The Morgan fingerprint density at radius 1 is 1.19 bits per heavy atom.